The first kappa shape index (κ1) is 16.8. The summed E-state index contributed by atoms with van der Waals surface area (Å²) in [6, 6.07) is 0. The molecule has 0 bridgehead atoms. The second kappa shape index (κ2) is 7.15. The number of aliphatic hydroxyl groups excluding tert-OH is 1. The van der Waals surface area contributed by atoms with E-state index in [1.54, 1.807) is 6.92 Å². The maximum absolute atomic E-state index is 11.9. The van der Waals surface area contributed by atoms with E-state index < -0.39 is 32.7 Å². The Balaban J connectivity index is 2.20. The molecule has 1 saturated heterocycles. The molecule has 0 aliphatic carbocycles. The van der Waals surface area contributed by atoms with Gasteiger partial charge < -0.3 is 25.0 Å². The highest BCUT2D eigenvalue weighted by Crippen LogP contribution is 2.30. The molecule has 1 aliphatic rings. The average molecular weight is 328 g/mol. The van der Waals surface area contributed by atoms with Crippen molar-refractivity contribution in [3.8, 4) is 11.8 Å². The minimum atomic E-state index is -2.03. The van der Waals surface area contributed by atoms with E-state index in [1.807, 2.05) is 0 Å². The van der Waals surface area contributed by atoms with Crippen LogP contribution in [0.4, 0.5) is 5.82 Å². The number of hydrogen-bond acceptors (Lipinski definition) is 8. The van der Waals surface area contributed by atoms with Gasteiger partial charge in [-0.2, -0.15) is 4.98 Å². The number of hydrogen-bond donors (Lipinski definition) is 4. The first-order chi connectivity index (χ1) is 10.4. The topological polar surface area (TPSA) is 146 Å². The van der Waals surface area contributed by atoms with Crippen molar-refractivity contribution in [2.45, 2.75) is 31.8 Å². The van der Waals surface area contributed by atoms with Crippen LogP contribution in [0.3, 0.4) is 0 Å². The lowest BCUT2D eigenvalue weighted by Crippen LogP contribution is -2.29. The zero-order valence-electron chi connectivity index (χ0n) is 11.8. The highest BCUT2D eigenvalue weighted by Gasteiger charge is 2.36. The van der Waals surface area contributed by atoms with Crippen LogP contribution in [0.15, 0.2) is 11.0 Å². The summed E-state index contributed by atoms with van der Waals surface area (Å²) in [4.78, 5) is 24.6. The normalized spacial score (nSPS) is 25.5. The van der Waals surface area contributed by atoms with Gasteiger partial charge >= 0.3 is 5.69 Å². The molecule has 0 radical (unpaired) electrons. The Morgan fingerprint density at radius 1 is 1.68 bits per heavy atom. The summed E-state index contributed by atoms with van der Waals surface area (Å²) in [6.07, 6.45) is -0.652. The van der Waals surface area contributed by atoms with Gasteiger partial charge in [0.25, 0.3) is 0 Å². The number of aromatic nitrogens is 2. The summed E-state index contributed by atoms with van der Waals surface area (Å²) < 4.78 is 11.7. The van der Waals surface area contributed by atoms with Gasteiger partial charge in [0.1, 0.15) is 18.1 Å². The monoisotopic (exact) mass is 328 g/mol. The van der Waals surface area contributed by atoms with Crippen LogP contribution in [0.2, 0.25) is 0 Å². The summed E-state index contributed by atoms with van der Waals surface area (Å²) >= 11 is 0. The van der Waals surface area contributed by atoms with Crippen molar-refractivity contribution in [1.82, 2.24) is 9.55 Å². The Kier molecular flexibility index (Phi) is 5.47. The number of anilines is 1. The third-order valence-electron chi connectivity index (χ3n) is 3.13. The molecule has 0 aromatic carbocycles. The second-order valence-electron chi connectivity index (χ2n) is 4.64. The molecule has 4 atom stereocenters. The first-order valence-electron chi connectivity index (χ1n) is 6.44. The molecule has 22 heavy (non-hydrogen) atoms. The Morgan fingerprint density at radius 2 is 2.41 bits per heavy atom. The van der Waals surface area contributed by atoms with Gasteiger partial charge in [-0.3, -0.25) is 10.1 Å². The van der Waals surface area contributed by atoms with E-state index in [1.165, 1.54) is 10.8 Å². The van der Waals surface area contributed by atoms with Gasteiger partial charge in [0, 0.05) is 12.6 Å². The Labute approximate surface area is 127 Å². The fraction of sp³-hybridized carbons (Fsp3) is 0.500. The van der Waals surface area contributed by atoms with Crippen molar-refractivity contribution in [3.63, 3.8) is 0 Å². The van der Waals surface area contributed by atoms with Crippen molar-refractivity contribution < 1.29 is 19.3 Å². The summed E-state index contributed by atoms with van der Waals surface area (Å²) in [6.45, 7) is 1.56. The van der Waals surface area contributed by atoms with Gasteiger partial charge in [-0.25, -0.2) is 4.79 Å². The molecule has 1 aromatic heterocycles. The third kappa shape index (κ3) is 3.81. The highest BCUT2D eigenvalue weighted by molar-refractivity contribution is 7.43. The largest absolute Gasteiger partial charge is 0.390 e. The van der Waals surface area contributed by atoms with Crippen LogP contribution in [-0.2, 0) is 9.26 Å². The van der Waals surface area contributed by atoms with Gasteiger partial charge in [0.05, 0.1) is 18.3 Å². The molecule has 6 N–H and O–H groups in total. The van der Waals surface area contributed by atoms with Crippen molar-refractivity contribution in [1.29, 1.82) is 0 Å². The first-order valence-corrected chi connectivity index (χ1v) is 7.72. The number of aliphatic hydroxyl groups is 1. The molecule has 1 aromatic rings. The van der Waals surface area contributed by atoms with Crippen molar-refractivity contribution in [2.24, 2.45) is 5.50 Å². The SMILES string of the molecule is CC#Cc1cn([C@H]2C[C@H](O)[C@@H](COP(N)O)O2)c(=O)nc1N. The molecule has 1 fully saturated rings. The van der Waals surface area contributed by atoms with E-state index in [9.17, 15) is 9.90 Å². The second-order valence-corrected chi connectivity index (χ2v) is 5.50. The molecule has 10 heteroatoms. The van der Waals surface area contributed by atoms with Gasteiger partial charge in [0.2, 0.25) is 8.53 Å². The fourth-order valence-electron chi connectivity index (χ4n) is 2.10. The number of nitrogen functional groups attached to an aromatic ring is 1. The molecular formula is C12H17N4O5P. The molecule has 0 amide bonds. The Morgan fingerprint density at radius 3 is 3.05 bits per heavy atom. The molecule has 9 nitrogen and oxygen atoms in total. The highest BCUT2D eigenvalue weighted by atomic mass is 31.2. The minimum absolute atomic E-state index is 0.0445. The van der Waals surface area contributed by atoms with Crippen LogP contribution >= 0.6 is 8.53 Å². The van der Waals surface area contributed by atoms with E-state index in [-0.39, 0.29) is 18.8 Å². The predicted molar refractivity (Wildman–Crippen MR) is 79.3 cm³/mol. The van der Waals surface area contributed by atoms with Crippen molar-refractivity contribution in [2.75, 3.05) is 12.3 Å². The lowest BCUT2D eigenvalue weighted by atomic mass is 10.2. The molecule has 1 aliphatic heterocycles. The lowest BCUT2D eigenvalue weighted by molar-refractivity contribution is -0.0406. The van der Waals surface area contributed by atoms with E-state index in [2.05, 4.69) is 16.8 Å². The lowest BCUT2D eigenvalue weighted by Gasteiger charge is -2.16. The molecule has 2 heterocycles. The summed E-state index contributed by atoms with van der Waals surface area (Å²) in [5, 5.41) is 9.94. The molecule has 0 saturated carbocycles. The van der Waals surface area contributed by atoms with E-state index in [0.717, 1.165) is 0 Å². The van der Waals surface area contributed by atoms with Crippen LogP contribution < -0.4 is 16.9 Å². The van der Waals surface area contributed by atoms with Crippen LogP contribution in [0.5, 0.6) is 0 Å². The summed E-state index contributed by atoms with van der Waals surface area (Å²) in [5.74, 6) is 5.46. The number of nitrogens with two attached hydrogens (primary N) is 2. The zero-order valence-corrected chi connectivity index (χ0v) is 12.7. The average Bonchev–Trinajstić information content (AvgIpc) is 2.80. The van der Waals surface area contributed by atoms with E-state index in [0.29, 0.717) is 5.56 Å². The number of nitrogens with zero attached hydrogens (tertiary/aromatic N) is 2. The van der Waals surface area contributed by atoms with Gasteiger partial charge in [0.15, 0.2) is 0 Å². The zero-order chi connectivity index (χ0) is 16.3. The Hall–Kier alpha value is -1.53. The van der Waals surface area contributed by atoms with Crippen LogP contribution in [0.1, 0.15) is 25.1 Å². The maximum atomic E-state index is 11.9. The van der Waals surface area contributed by atoms with Gasteiger partial charge in [-0.15, -0.1) is 5.92 Å². The molecule has 2 rings (SSSR count). The molecular weight excluding hydrogens is 311 g/mol. The molecule has 120 valence electrons. The van der Waals surface area contributed by atoms with Gasteiger partial charge in [-0.05, 0) is 6.92 Å². The van der Waals surface area contributed by atoms with Crippen molar-refractivity contribution in [3.05, 3.63) is 22.2 Å². The summed E-state index contributed by atoms with van der Waals surface area (Å²) in [7, 11) is -2.03. The standard InChI is InChI=1S/C12H17N4O5P/c1-2-3-7-5-16(12(18)15-11(7)13)10-4-8(17)9(21-10)6-20-22(14)19/h5,8-10,17,19H,4,6,14H2,1H3,(H2,13,15,18)/t8-,9+,10+,22?/m0/s1. The minimum Gasteiger partial charge on any atom is -0.390 e. The number of ether oxygens (including phenoxy) is 1. The van der Waals surface area contributed by atoms with Crippen LogP contribution in [0, 0.1) is 11.8 Å². The molecule has 0 spiro atoms. The Bertz CT molecular complexity index is 653. The van der Waals surface area contributed by atoms with E-state index in [4.69, 9.17) is 25.4 Å². The van der Waals surface area contributed by atoms with E-state index >= 15 is 0 Å². The van der Waals surface area contributed by atoms with Crippen molar-refractivity contribution >= 4 is 14.3 Å². The quantitative estimate of drug-likeness (QED) is 0.408. The maximum Gasteiger partial charge on any atom is 0.351 e. The third-order valence-corrected chi connectivity index (χ3v) is 3.54. The number of rotatable bonds is 4. The molecule has 1 unspecified atom stereocenters. The predicted octanol–water partition coefficient (Wildman–Crippen LogP) is -0.960. The fourth-order valence-corrected chi connectivity index (χ4v) is 2.40. The van der Waals surface area contributed by atoms with Crippen LogP contribution in [0.25, 0.3) is 0 Å². The van der Waals surface area contributed by atoms with Gasteiger partial charge in [-0.1, -0.05) is 5.92 Å². The summed E-state index contributed by atoms with van der Waals surface area (Å²) in [5.41, 5.74) is 10.6. The van der Waals surface area contributed by atoms with Crippen LogP contribution in [-0.4, -0.2) is 38.4 Å². The smallest absolute Gasteiger partial charge is 0.351 e.